The molecule has 2 aromatic carbocycles. The summed E-state index contributed by atoms with van der Waals surface area (Å²) in [6, 6.07) is 12.5. The summed E-state index contributed by atoms with van der Waals surface area (Å²) in [6.45, 7) is 4.56. The number of anilines is 2. The van der Waals surface area contributed by atoms with Crippen LogP contribution >= 0.6 is 0 Å². The molecule has 2 heterocycles. The number of benzene rings is 2. The van der Waals surface area contributed by atoms with Gasteiger partial charge in [0.1, 0.15) is 6.10 Å². The maximum Gasteiger partial charge on any atom is 0.255 e. The van der Waals surface area contributed by atoms with Crippen LogP contribution < -0.4 is 15.0 Å². The smallest absolute Gasteiger partial charge is 0.255 e. The van der Waals surface area contributed by atoms with Gasteiger partial charge < -0.3 is 24.8 Å². The molecule has 7 nitrogen and oxygen atoms in total. The van der Waals surface area contributed by atoms with Crippen LogP contribution in [-0.2, 0) is 4.79 Å². The minimum atomic E-state index is -0.594. The number of rotatable bonds is 6. The van der Waals surface area contributed by atoms with Crippen LogP contribution in [0.2, 0.25) is 0 Å². The van der Waals surface area contributed by atoms with Gasteiger partial charge in [0.05, 0.1) is 6.54 Å². The van der Waals surface area contributed by atoms with Gasteiger partial charge in [-0.05, 0) is 63.0 Å². The third-order valence-electron chi connectivity index (χ3n) is 6.46. The van der Waals surface area contributed by atoms with Crippen LogP contribution in [0, 0.1) is 5.82 Å². The fraction of sp³-hybridized carbons (Fsp3) is 0.440. The summed E-state index contributed by atoms with van der Waals surface area (Å²) in [5.74, 6) is -0.901. The van der Waals surface area contributed by atoms with E-state index in [4.69, 9.17) is 4.74 Å². The van der Waals surface area contributed by atoms with Gasteiger partial charge in [0.2, 0.25) is 5.91 Å². The van der Waals surface area contributed by atoms with Gasteiger partial charge in [-0.2, -0.15) is 0 Å². The number of likely N-dealkylation sites (N-methyl/N-ethyl adjacent to an activating group) is 1. The molecule has 33 heavy (non-hydrogen) atoms. The molecule has 0 aromatic heterocycles. The Morgan fingerprint density at radius 2 is 1.85 bits per heavy atom. The van der Waals surface area contributed by atoms with Gasteiger partial charge in [0.25, 0.3) is 5.91 Å². The lowest BCUT2D eigenvalue weighted by Gasteiger charge is -2.22. The normalized spacial score (nSPS) is 20.4. The van der Waals surface area contributed by atoms with Crippen molar-refractivity contribution >= 4 is 23.2 Å². The third kappa shape index (κ3) is 5.45. The summed E-state index contributed by atoms with van der Waals surface area (Å²) < 4.78 is 20.3. The molecule has 2 aliphatic heterocycles. The topological polar surface area (TPSA) is 65.1 Å². The van der Waals surface area contributed by atoms with Crippen molar-refractivity contribution in [2.24, 2.45) is 0 Å². The molecule has 2 aromatic rings. The first-order valence-electron chi connectivity index (χ1n) is 11.3. The van der Waals surface area contributed by atoms with Crippen LogP contribution in [0.3, 0.4) is 0 Å². The molecule has 2 unspecified atom stereocenters. The van der Waals surface area contributed by atoms with E-state index in [1.54, 1.807) is 11.0 Å². The number of carbonyl (C=O) groups is 2. The second kappa shape index (κ2) is 9.79. The number of hydrogen-bond donors (Lipinski definition) is 1. The Labute approximate surface area is 195 Å². The van der Waals surface area contributed by atoms with Crippen molar-refractivity contribution in [3.8, 4) is 5.75 Å². The lowest BCUT2D eigenvalue weighted by Crippen LogP contribution is -2.31. The zero-order chi connectivity index (χ0) is 23.5. The third-order valence-corrected chi connectivity index (χ3v) is 6.46. The van der Waals surface area contributed by atoms with E-state index in [2.05, 4.69) is 29.2 Å². The molecule has 2 aliphatic rings. The number of ether oxygens (including phenoxy) is 1. The lowest BCUT2D eigenvalue weighted by atomic mass is 10.2. The molecule has 2 amide bonds. The highest BCUT2D eigenvalue weighted by molar-refractivity contribution is 6.04. The van der Waals surface area contributed by atoms with E-state index in [0.717, 1.165) is 25.2 Å². The Balaban J connectivity index is 0.00000324. The van der Waals surface area contributed by atoms with E-state index in [0.29, 0.717) is 31.2 Å². The molecule has 0 radical (unpaired) electrons. The van der Waals surface area contributed by atoms with Gasteiger partial charge in [-0.1, -0.05) is 0 Å². The molecule has 178 valence electrons. The zero-order valence-electron chi connectivity index (χ0n) is 19.4. The summed E-state index contributed by atoms with van der Waals surface area (Å²) in [6.07, 6.45) is 1.54. The number of hydrogen-bond acceptors (Lipinski definition) is 5. The van der Waals surface area contributed by atoms with E-state index in [1.165, 1.54) is 19.1 Å². The van der Waals surface area contributed by atoms with Crippen LogP contribution in [0.4, 0.5) is 15.8 Å². The maximum atomic E-state index is 14.6. The monoisotopic (exact) mass is 456 g/mol. The number of nitrogens with one attached hydrogen (secondary N) is 1. The Morgan fingerprint density at radius 1 is 1.09 bits per heavy atom. The number of likely N-dealkylation sites (tertiary alicyclic amines) is 1. The Bertz CT molecular complexity index is 1020. The number of carbonyl (C=O) groups excluding carboxylic acids is 2. The van der Waals surface area contributed by atoms with Gasteiger partial charge in [0.15, 0.2) is 11.6 Å². The average Bonchev–Trinajstić information content (AvgIpc) is 3.46. The molecule has 0 aliphatic carbocycles. The zero-order valence-corrected chi connectivity index (χ0v) is 19.4. The molecule has 2 saturated heterocycles. The summed E-state index contributed by atoms with van der Waals surface area (Å²) >= 11 is 0. The van der Waals surface area contributed by atoms with Crippen molar-refractivity contribution < 1.29 is 20.1 Å². The van der Waals surface area contributed by atoms with E-state index < -0.39 is 5.82 Å². The van der Waals surface area contributed by atoms with Crippen LogP contribution in [0.15, 0.2) is 42.5 Å². The maximum absolute atomic E-state index is 14.6. The van der Waals surface area contributed by atoms with Crippen LogP contribution in [0.25, 0.3) is 0 Å². The first-order chi connectivity index (χ1) is 15.8. The summed E-state index contributed by atoms with van der Waals surface area (Å²) in [5.41, 5.74) is 2.00. The van der Waals surface area contributed by atoms with E-state index in [9.17, 15) is 14.0 Å². The summed E-state index contributed by atoms with van der Waals surface area (Å²) in [5, 5.41) is 2.82. The first kappa shape index (κ1) is 23.0. The average molecular weight is 457 g/mol. The number of nitrogens with zero attached hydrogens (tertiary/aromatic N) is 3. The van der Waals surface area contributed by atoms with Gasteiger partial charge in [-0.3, -0.25) is 9.59 Å². The molecule has 0 bridgehead atoms. The number of amides is 2. The van der Waals surface area contributed by atoms with Gasteiger partial charge in [-0.15, -0.1) is 0 Å². The highest BCUT2D eigenvalue weighted by atomic mass is 19.1. The van der Waals surface area contributed by atoms with Crippen molar-refractivity contribution in [2.45, 2.75) is 31.9 Å². The van der Waals surface area contributed by atoms with Crippen molar-refractivity contribution in [3.05, 3.63) is 53.8 Å². The molecule has 8 heteroatoms. The Kier molecular flexibility index (Phi) is 6.83. The fourth-order valence-corrected chi connectivity index (χ4v) is 4.38. The van der Waals surface area contributed by atoms with Crippen LogP contribution in [0.1, 0.15) is 31.6 Å². The molecule has 1 N–H and O–H groups in total. The van der Waals surface area contributed by atoms with Crippen molar-refractivity contribution in [1.29, 1.82) is 0 Å². The highest BCUT2D eigenvalue weighted by Crippen LogP contribution is 2.25. The summed E-state index contributed by atoms with van der Waals surface area (Å²) in [7, 11) is 4.20. The van der Waals surface area contributed by atoms with E-state index in [-0.39, 0.29) is 30.7 Å². The fourth-order valence-electron chi connectivity index (χ4n) is 4.38. The van der Waals surface area contributed by atoms with Crippen molar-refractivity contribution in [3.63, 3.8) is 0 Å². The van der Waals surface area contributed by atoms with E-state index >= 15 is 0 Å². The van der Waals surface area contributed by atoms with Gasteiger partial charge >= 0.3 is 0 Å². The van der Waals surface area contributed by atoms with Gasteiger partial charge in [0, 0.05) is 57.4 Å². The molecule has 2 atom stereocenters. The second-order valence-corrected chi connectivity index (χ2v) is 8.99. The second-order valence-electron chi connectivity index (χ2n) is 8.99. The summed E-state index contributed by atoms with van der Waals surface area (Å²) in [4.78, 5) is 30.3. The predicted octanol–water partition coefficient (Wildman–Crippen LogP) is 3.46. The molecular weight excluding hydrogens is 423 g/mol. The molecule has 4 rings (SSSR count). The minimum Gasteiger partial charge on any atom is -0.485 e. The molecule has 0 saturated carbocycles. The quantitative estimate of drug-likeness (QED) is 0.721. The predicted molar refractivity (Wildman–Crippen MR) is 129 cm³/mol. The highest BCUT2D eigenvalue weighted by Gasteiger charge is 2.27. The SMILES string of the molecule is CC(=O)N1CCC(Oc2ccc(C(=O)Nc3ccc(N4CCC(N(C)C)C4)cc3)cc2F)C1.[HH]. The van der Waals surface area contributed by atoms with Gasteiger partial charge in [-0.25, -0.2) is 4.39 Å². The Hall–Kier alpha value is -3.13. The lowest BCUT2D eigenvalue weighted by molar-refractivity contribution is -0.128. The number of halogens is 1. The van der Waals surface area contributed by atoms with Crippen molar-refractivity contribution in [2.75, 3.05) is 50.5 Å². The van der Waals surface area contributed by atoms with Crippen molar-refractivity contribution in [1.82, 2.24) is 9.80 Å². The standard InChI is InChI=1S/C25H31FN4O3.H2/c1-17(31)29-13-11-22(16-29)33-24-9-4-18(14-23(24)26)25(32)27-19-5-7-20(8-6-19)30-12-10-21(15-30)28(2)3;/h4-9,14,21-22H,10-13,15-16H2,1-3H3,(H,27,32);1H. The first-order valence-corrected chi connectivity index (χ1v) is 11.3. The molecular formula is C25H33FN4O3. The van der Waals surface area contributed by atoms with Crippen LogP contribution in [0.5, 0.6) is 5.75 Å². The van der Waals surface area contributed by atoms with E-state index in [1.807, 2.05) is 24.3 Å². The van der Waals surface area contributed by atoms with Crippen LogP contribution in [-0.4, -0.2) is 74.0 Å². The molecule has 0 spiro atoms. The minimum absolute atomic E-state index is 0. The Morgan fingerprint density at radius 3 is 2.45 bits per heavy atom. The molecule has 2 fully saturated rings. The largest absolute Gasteiger partial charge is 0.485 e.